The van der Waals surface area contributed by atoms with Gasteiger partial charge in [0.1, 0.15) is 0 Å². The summed E-state index contributed by atoms with van der Waals surface area (Å²) in [5.41, 5.74) is 0. The molecule has 82 valence electrons. The van der Waals surface area contributed by atoms with Crippen molar-refractivity contribution < 1.29 is 14.7 Å². The third-order valence-electron chi connectivity index (χ3n) is 1.71. The van der Waals surface area contributed by atoms with Crippen LogP contribution in [0.2, 0.25) is 0 Å². The van der Waals surface area contributed by atoms with Gasteiger partial charge >= 0.3 is 6.09 Å². The Kier molecular flexibility index (Phi) is 5.67. The van der Waals surface area contributed by atoms with E-state index in [2.05, 4.69) is 5.32 Å². The molecular weight excluding hydrogens is 184 g/mol. The molecule has 5 heteroatoms. The van der Waals surface area contributed by atoms with Crippen molar-refractivity contribution in [1.29, 1.82) is 0 Å². The molecule has 14 heavy (non-hydrogen) atoms. The molecule has 0 rings (SSSR count). The fraction of sp³-hybridized carbons (Fsp3) is 0.778. The molecule has 2 amide bonds. The van der Waals surface area contributed by atoms with Gasteiger partial charge in [0.05, 0.1) is 0 Å². The van der Waals surface area contributed by atoms with E-state index in [1.807, 2.05) is 13.8 Å². The number of carbonyl (C=O) groups excluding carboxylic acids is 1. The molecule has 0 aromatic rings. The van der Waals surface area contributed by atoms with Crippen LogP contribution in [0.15, 0.2) is 0 Å². The lowest BCUT2D eigenvalue weighted by Crippen LogP contribution is -2.32. The molecule has 0 aromatic heterocycles. The van der Waals surface area contributed by atoms with E-state index in [0.717, 1.165) is 4.90 Å². The van der Waals surface area contributed by atoms with Gasteiger partial charge in [0.15, 0.2) is 0 Å². The fourth-order valence-corrected chi connectivity index (χ4v) is 0.771. The highest BCUT2D eigenvalue weighted by atomic mass is 16.4. The third kappa shape index (κ3) is 6.28. The second kappa shape index (κ2) is 6.23. The summed E-state index contributed by atoms with van der Waals surface area (Å²) in [5, 5.41) is 11.2. The number of amides is 2. The Labute approximate surface area is 84.1 Å². The van der Waals surface area contributed by atoms with E-state index in [1.165, 1.54) is 7.05 Å². The van der Waals surface area contributed by atoms with Crippen LogP contribution >= 0.6 is 0 Å². The maximum Gasteiger partial charge on any atom is 0.407 e. The van der Waals surface area contributed by atoms with Crippen molar-refractivity contribution >= 4 is 12.0 Å². The molecule has 0 aromatic carbocycles. The molecule has 0 radical (unpaired) electrons. The van der Waals surface area contributed by atoms with Crippen LogP contribution in [0, 0.1) is 5.92 Å². The largest absolute Gasteiger partial charge is 0.465 e. The topological polar surface area (TPSA) is 69.6 Å². The number of carbonyl (C=O) groups is 2. The SMILES string of the molecule is CC(C)CNC(=O)CCN(C)C(=O)O. The van der Waals surface area contributed by atoms with Crippen LogP contribution in [0.3, 0.4) is 0 Å². The summed E-state index contributed by atoms with van der Waals surface area (Å²) in [5.74, 6) is 0.308. The normalized spacial score (nSPS) is 10.0. The minimum atomic E-state index is -1.01. The molecule has 0 heterocycles. The Bertz CT molecular complexity index is 204. The van der Waals surface area contributed by atoms with E-state index in [1.54, 1.807) is 0 Å². The van der Waals surface area contributed by atoms with Gasteiger partial charge in [0.25, 0.3) is 0 Å². The Morgan fingerprint density at radius 2 is 2.00 bits per heavy atom. The van der Waals surface area contributed by atoms with E-state index >= 15 is 0 Å². The first-order valence-electron chi connectivity index (χ1n) is 4.64. The summed E-state index contributed by atoms with van der Waals surface area (Å²) < 4.78 is 0. The fourth-order valence-electron chi connectivity index (χ4n) is 0.771. The van der Waals surface area contributed by atoms with Gasteiger partial charge in [-0.15, -0.1) is 0 Å². The predicted molar refractivity (Wildman–Crippen MR) is 53.1 cm³/mol. The van der Waals surface area contributed by atoms with Crippen molar-refractivity contribution in [1.82, 2.24) is 10.2 Å². The molecule has 0 unspecified atom stereocenters. The Hall–Kier alpha value is -1.26. The minimum Gasteiger partial charge on any atom is -0.465 e. The molecule has 5 nitrogen and oxygen atoms in total. The van der Waals surface area contributed by atoms with Gasteiger partial charge in [0, 0.05) is 26.6 Å². The van der Waals surface area contributed by atoms with Crippen molar-refractivity contribution in [2.45, 2.75) is 20.3 Å². The molecule has 0 fully saturated rings. The van der Waals surface area contributed by atoms with Crippen LogP contribution in [0.25, 0.3) is 0 Å². The minimum absolute atomic E-state index is 0.105. The zero-order valence-corrected chi connectivity index (χ0v) is 8.91. The van der Waals surface area contributed by atoms with Crippen LogP contribution in [0.5, 0.6) is 0 Å². The molecule has 0 aliphatic heterocycles. The van der Waals surface area contributed by atoms with Crippen LogP contribution < -0.4 is 5.32 Å². The molecule has 0 saturated carbocycles. The number of nitrogens with one attached hydrogen (secondary N) is 1. The highest BCUT2D eigenvalue weighted by Crippen LogP contribution is 1.91. The van der Waals surface area contributed by atoms with Gasteiger partial charge in [-0.25, -0.2) is 4.79 Å². The first-order chi connectivity index (χ1) is 6.43. The summed E-state index contributed by atoms with van der Waals surface area (Å²) in [6.45, 7) is 4.88. The van der Waals surface area contributed by atoms with Crippen molar-refractivity contribution in [2.24, 2.45) is 5.92 Å². The average molecular weight is 202 g/mol. The summed E-state index contributed by atoms with van der Waals surface area (Å²) in [4.78, 5) is 22.6. The molecule has 0 aliphatic carbocycles. The van der Waals surface area contributed by atoms with Crippen LogP contribution in [0.4, 0.5) is 4.79 Å². The maximum absolute atomic E-state index is 11.1. The zero-order valence-electron chi connectivity index (χ0n) is 8.91. The second-order valence-corrected chi connectivity index (χ2v) is 3.65. The van der Waals surface area contributed by atoms with Gasteiger partial charge in [-0.3, -0.25) is 4.79 Å². The number of carboxylic acid groups (broad SMARTS) is 1. The van der Waals surface area contributed by atoms with E-state index in [0.29, 0.717) is 12.5 Å². The van der Waals surface area contributed by atoms with Crippen molar-refractivity contribution in [3.8, 4) is 0 Å². The lowest BCUT2D eigenvalue weighted by molar-refractivity contribution is -0.121. The van der Waals surface area contributed by atoms with Crippen molar-refractivity contribution in [3.05, 3.63) is 0 Å². The van der Waals surface area contributed by atoms with Crippen molar-refractivity contribution in [3.63, 3.8) is 0 Å². The van der Waals surface area contributed by atoms with Crippen LogP contribution in [0.1, 0.15) is 20.3 Å². The number of hydrogen-bond donors (Lipinski definition) is 2. The first-order valence-corrected chi connectivity index (χ1v) is 4.64. The van der Waals surface area contributed by atoms with Gasteiger partial charge in [-0.05, 0) is 5.92 Å². The number of rotatable bonds is 5. The van der Waals surface area contributed by atoms with Crippen LogP contribution in [-0.2, 0) is 4.79 Å². The Balaban J connectivity index is 3.59. The summed E-state index contributed by atoms with van der Waals surface area (Å²) in [6.07, 6.45) is -0.795. The molecule has 0 saturated heterocycles. The Morgan fingerprint density at radius 3 is 2.43 bits per heavy atom. The maximum atomic E-state index is 11.1. The van der Waals surface area contributed by atoms with Crippen LogP contribution in [-0.4, -0.2) is 42.1 Å². The number of nitrogens with zero attached hydrogens (tertiary/aromatic N) is 1. The van der Waals surface area contributed by atoms with E-state index in [4.69, 9.17) is 5.11 Å². The lowest BCUT2D eigenvalue weighted by atomic mass is 10.2. The zero-order chi connectivity index (χ0) is 11.1. The monoisotopic (exact) mass is 202 g/mol. The molecule has 0 bridgehead atoms. The van der Waals surface area contributed by atoms with Gasteiger partial charge in [-0.2, -0.15) is 0 Å². The standard InChI is InChI=1S/C9H18N2O3/c1-7(2)6-10-8(12)4-5-11(3)9(13)14/h7H,4-6H2,1-3H3,(H,10,12)(H,13,14). The van der Waals surface area contributed by atoms with E-state index in [-0.39, 0.29) is 18.9 Å². The second-order valence-electron chi connectivity index (χ2n) is 3.65. The molecular formula is C9H18N2O3. The molecule has 0 aliphatic rings. The lowest BCUT2D eigenvalue weighted by Gasteiger charge is -2.12. The van der Waals surface area contributed by atoms with E-state index < -0.39 is 6.09 Å². The summed E-state index contributed by atoms with van der Waals surface area (Å²) in [7, 11) is 1.44. The average Bonchev–Trinajstić information content (AvgIpc) is 2.10. The van der Waals surface area contributed by atoms with Gasteiger partial charge in [-0.1, -0.05) is 13.8 Å². The quantitative estimate of drug-likeness (QED) is 0.691. The van der Waals surface area contributed by atoms with Gasteiger partial charge in [0.2, 0.25) is 5.91 Å². The summed E-state index contributed by atoms with van der Waals surface area (Å²) >= 11 is 0. The number of hydrogen-bond acceptors (Lipinski definition) is 2. The summed E-state index contributed by atoms with van der Waals surface area (Å²) in [6, 6.07) is 0. The third-order valence-corrected chi connectivity index (χ3v) is 1.71. The van der Waals surface area contributed by atoms with E-state index in [9.17, 15) is 9.59 Å². The molecule has 2 N–H and O–H groups in total. The van der Waals surface area contributed by atoms with Crippen molar-refractivity contribution in [2.75, 3.05) is 20.1 Å². The van der Waals surface area contributed by atoms with Gasteiger partial charge < -0.3 is 15.3 Å². The predicted octanol–water partition coefficient (Wildman–Crippen LogP) is 0.759. The highest BCUT2D eigenvalue weighted by Gasteiger charge is 2.08. The Morgan fingerprint density at radius 1 is 1.43 bits per heavy atom. The first kappa shape index (κ1) is 12.7. The molecule has 0 spiro atoms. The highest BCUT2D eigenvalue weighted by molar-refractivity contribution is 5.76. The molecule has 0 atom stereocenters. The smallest absolute Gasteiger partial charge is 0.407 e.